The summed E-state index contributed by atoms with van der Waals surface area (Å²) in [6.07, 6.45) is 1.30. The maximum Gasteiger partial charge on any atom is 0.119 e. The molecule has 3 nitrogen and oxygen atoms in total. The van der Waals surface area contributed by atoms with Gasteiger partial charge in [0.2, 0.25) is 0 Å². The molecule has 0 aliphatic heterocycles. The fraction of sp³-hybridized carbons (Fsp3) is 0.143. The monoisotopic (exact) mass is 320 g/mol. The summed E-state index contributed by atoms with van der Waals surface area (Å²) in [6, 6.07) is 21.6. The number of aryl methyl sites for hydroxylation is 1. The summed E-state index contributed by atoms with van der Waals surface area (Å²) in [4.78, 5) is 0. The van der Waals surface area contributed by atoms with Gasteiger partial charge in [-0.05, 0) is 36.6 Å². The highest BCUT2D eigenvalue weighted by molar-refractivity contribution is 5.46. The molecule has 3 heteroatoms. The van der Waals surface area contributed by atoms with E-state index >= 15 is 0 Å². The molecule has 24 heavy (non-hydrogen) atoms. The number of rotatable bonds is 5. The molecule has 0 fully saturated rings. The lowest BCUT2D eigenvalue weighted by atomic mass is 9.85. The zero-order valence-corrected chi connectivity index (χ0v) is 13.3. The van der Waals surface area contributed by atoms with Crippen LogP contribution in [0.1, 0.15) is 29.0 Å². The highest BCUT2D eigenvalue weighted by Crippen LogP contribution is 2.38. The molecule has 0 saturated heterocycles. The minimum absolute atomic E-state index is 0.160. The van der Waals surface area contributed by atoms with Crippen molar-refractivity contribution in [3.63, 3.8) is 0 Å². The van der Waals surface area contributed by atoms with Crippen molar-refractivity contribution in [2.45, 2.75) is 18.8 Å². The van der Waals surface area contributed by atoms with Gasteiger partial charge in [-0.3, -0.25) is 0 Å². The number of hydrogen-bond acceptors (Lipinski definition) is 3. The second-order valence-electron chi connectivity index (χ2n) is 5.84. The summed E-state index contributed by atoms with van der Waals surface area (Å²) in [5.74, 6) is 0.531. The first-order chi connectivity index (χ1) is 11.7. The fourth-order valence-electron chi connectivity index (χ4n) is 3.06. The van der Waals surface area contributed by atoms with Gasteiger partial charge >= 0.3 is 0 Å². The van der Waals surface area contributed by atoms with Gasteiger partial charge in [-0.1, -0.05) is 54.6 Å². The molecule has 3 aromatic carbocycles. The van der Waals surface area contributed by atoms with Crippen molar-refractivity contribution in [1.82, 2.24) is 0 Å². The van der Waals surface area contributed by atoms with Gasteiger partial charge in [-0.15, -0.1) is 0 Å². The van der Waals surface area contributed by atoms with E-state index in [9.17, 15) is 15.3 Å². The lowest BCUT2D eigenvalue weighted by Gasteiger charge is -2.20. The van der Waals surface area contributed by atoms with Gasteiger partial charge in [0.15, 0.2) is 0 Å². The molecule has 0 spiro atoms. The number of benzene rings is 3. The quantitative estimate of drug-likeness (QED) is 0.645. The summed E-state index contributed by atoms with van der Waals surface area (Å²) in [5.41, 5.74) is 2.40. The van der Waals surface area contributed by atoms with Crippen LogP contribution in [0.3, 0.4) is 0 Å². The number of para-hydroxylation sites is 3. The zero-order chi connectivity index (χ0) is 16.9. The van der Waals surface area contributed by atoms with Crippen molar-refractivity contribution in [2.24, 2.45) is 0 Å². The van der Waals surface area contributed by atoms with E-state index in [-0.39, 0.29) is 23.2 Å². The van der Waals surface area contributed by atoms with Gasteiger partial charge in [0, 0.05) is 17.0 Å². The topological polar surface area (TPSA) is 60.7 Å². The maximum atomic E-state index is 10.3. The van der Waals surface area contributed by atoms with E-state index in [0.717, 1.165) is 16.7 Å². The van der Waals surface area contributed by atoms with E-state index < -0.39 is 0 Å². The van der Waals surface area contributed by atoms with Crippen LogP contribution in [0.25, 0.3) is 0 Å². The second kappa shape index (κ2) is 7.09. The van der Waals surface area contributed by atoms with Gasteiger partial charge in [0.05, 0.1) is 0 Å². The molecule has 0 bridgehead atoms. The highest BCUT2D eigenvalue weighted by atomic mass is 16.3. The van der Waals surface area contributed by atoms with E-state index in [0.29, 0.717) is 12.8 Å². The lowest BCUT2D eigenvalue weighted by molar-refractivity contribution is 0.448. The van der Waals surface area contributed by atoms with Crippen LogP contribution in [0.5, 0.6) is 17.2 Å². The number of hydrogen-bond donors (Lipinski definition) is 3. The third-order valence-electron chi connectivity index (χ3n) is 4.32. The van der Waals surface area contributed by atoms with E-state index in [1.165, 1.54) is 0 Å². The number of phenols is 3. The Labute approximate surface area is 141 Å². The third-order valence-corrected chi connectivity index (χ3v) is 4.32. The highest BCUT2D eigenvalue weighted by Gasteiger charge is 2.20. The molecule has 0 radical (unpaired) electrons. The Morgan fingerprint density at radius 1 is 0.583 bits per heavy atom. The summed E-state index contributed by atoms with van der Waals surface area (Å²) >= 11 is 0. The van der Waals surface area contributed by atoms with Gasteiger partial charge < -0.3 is 15.3 Å². The Bertz CT molecular complexity index is 781. The van der Waals surface area contributed by atoms with Crippen molar-refractivity contribution in [3.8, 4) is 17.2 Å². The van der Waals surface area contributed by atoms with Gasteiger partial charge in [-0.2, -0.15) is 0 Å². The second-order valence-corrected chi connectivity index (χ2v) is 5.84. The van der Waals surface area contributed by atoms with E-state index in [4.69, 9.17) is 0 Å². The minimum Gasteiger partial charge on any atom is -0.508 e. The molecule has 0 amide bonds. The van der Waals surface area contributed by atoms with Crippen LogP contribution in [0.4, 0.5) is 0 Å². The van der Waals surface area contributed by atoms with Crippen molar-refractivity contribution >= 4 is 0 Å². The normalized spacial score (nSPS) is 10.9. The van der Waals surface area contributed by atoms with Crippen molar-refractivity contribution in [2.75, 3.05) is 0 Å². The number of phenolic OH excluding ortho intramolecular Hbond substituents is 3. The molecule has 0 aromatic heterocycles. The van der Waals surface area contributed by atoms with E-state index in [2.05, 4.69) is 0 Å². The van der Waals surface area contributed by atoms with Crippen molar-refractivity contribution in [3.05, 3.63) is 89.5 Å². The largest absolute Gasteiger partial charge is 0.508 e. The average molecular weight is 320 g/mol. The number of aromatic hydroxyl groups is 3. The minimum atomic E-state index is -0.160. The molecule has 3 rings (SSSR count). The van der Waals surface area contributed by atoms with Gasteiger partial charge in [0.25, 0.3) is 0 Å². The summed E-state index contributed by atoms with van der Waals surface area (Å²) in [7, 11) is 0. The Hall–Kier alpha value is -2.94. The lowest BCUT2D eigenvalue weighted by Crippen LogP contribution is -2.04. The summed E-state index contributed by atoms with van der Waals surface area (Å²) < 4.78 is 0. The molecule has 0 heterocycles. The first kappa shape index (κ1) is 15.9. The Kier molecular flexibility index (Phi) is 4.71. The van der Waals surface area contributed by atoms with Crippen LogP contribution < -0.4 is 0 Å². The molecular formula is C21H20O3. The zero-order valence-electron chi connectivity index (χ0n) is 13.3. The van der Waals surface area contributed by atoms with Crippen LogP contribution in [0.2, 0.25) is 0 Å². The van der Waals surface area contributed by atoms with Gasteiger partial charge in [0.1, 0.15) is 17.2 Å². The van der Waals surface area contributed by atoms with Crippen LogP contribution >= 0.6 is 0 Å². The standard InChI is InChI=1S/C21H20O3/c22-19-10-4-1-7-15(19)13-14-16(17-8-2-5-11-20(17)23)18-9-3-6-12-21(18)24/h1-12,16,22-24H,13-14H2. The Morgan fingerprint density at radius 2 is 1.04 bits per heavy atom. The first-order valence-corrected chi connectivity index (χ1v) is 7.99. The van der Waals surface area contributed by atoms with Crippen LogP contribution in [-0.4, -0.2) is 15.3 Å². The third kappa shape index (κ3) is 3.35. The molecule has 0 saturated carbocycles. The molecule has 0 aliphatic rings. The predicted molar refractivity (Wildman–Crippen MR) is 94.5 cm³/mol. The molecule has 0 atom stereocenters. The van der Waals surface area contributed by atoms with E-state index in [1.807, 2.05) is 36.4 Å². The summed E-state index contributed by atoms with van der Waals surface area (Å²) in [6.45, 7) is 0. The fourth-order valence-corrected chi connectivity index (χ4v) is 3.06. The molecule has 0 aliphatic carbocycles. The maximum absolute atomic E-state index is 10.3. The van der Waals surface area contributed by atoms with Crippen LogP contribution in [0, 0.1) is 0 Å². The van der Waals surface area contributed by atoms with Gasteiger partial charge in [-0.25, -0.2) is 0 Å². The molecule has 0 unspecified atom stereocenters. The predicted octanol–water partition coefficient (Wildman–Crippen LogP) is 4.57. The van der Waals surface area contributed by atoms with Crippen molar-refractivity contribution in [1.29, 1.82) is 0 Å². The molecule has 3 aromatic rings. The van der Waals surface area contributed by atoms with Crippen molar-refractivity contribution < 1.29 is 15.3 Å². The molecular weight excluding hydrogens is 300 g/mol. The summed E-state index contributed by atoms with van der Waals surface area (Å²) in [5, 5.41) is 30.5. The van der Waals surface area contributed by atoms with E-state index in [1.54, 1.807) is 36.4 Å². The molecule has 3 N–H and O–H groups in total. The van der Waals surface area contributed by atoms with Crippen LogP contribution in [-0.2, 0) is 6.42 Å². The molecule has 122 valence electrons. The smallest absolute Gasteiger partial charge is 0.119 e. The first-order valence-electron chi connectivity index (χ1n) is 7.99. The SMILES string of the molecule is Oc1ccccc1CCC(c1ccccc1O)c1ccccc1O. The Morgan fingerprint density at radius 3 is 1.54 bits per heavy atom. The van der Waals surface area contributed by atoms with Crippen LogP contribution in [0.15, 0.2) is 72.8 Å². The Balaban J connectivity index is 1.96. The average Bonchev–Trinajstić information content (AvgIpc) is 2.59.